The van der Waals surface area contributed by atoms with Crippen molar-refractivity contribution >= 4 is 28.9 Å². The van der Waals surface area contributed by atoms with Gasteiger partial charge >= 0.3 is 12.4 Å². The van der Waals surface area contributed by atoms with Crippen LogP contribution in [0, 0.1) is 0 Å². The number of amidine groups is 1. The zero-order valence-electron chi connectivity index (χ0n) is 23.1. The van der Waals surface area contributed by atoms with Crippen molar-refractivity contribution in [1.82, 2.24) is 9.80 Å². The Balaban J connectivity index is 1.22. The maximum Gasteiger partial charge on any atom is 0.416 e. The van der Waals surface area contributed by atoms with Gasteiger partial charge < -0.3 is 19.1 Å². The van der Waals surface area contributed by atoms with Crippen molar-refractivity contribution in [2.45, 2.75) is 37.9 Å². The Morgan fingerprint density at radius 2 is 1.79 bits per heavy atom. The van der Waals surface area contributed by atoms with Crippen molar-refractivity contribution < 1.29 is 45.3 Å². The molecule has 232 valence electrons. The molecule has 2 fully saturated rings. The summed E-state index contributed by atoms with van der Waals surface area (Å²) in [5.74, 6) is -0.113. The normalized spacial score (nSPS) is 21.0. The van der Waals surface area contributed by atoms with Gasteiger partial charge in [0.25, 0.3) is 5.91 Å². The number of carbonyl (C=O) groups is 1. The molecule has 0 spiro atoms. The van der Waals surface area contributed by atoms with Gasteiger partial charge in [0.2, 0.25) is 0 Å². The van der Waals surface area contributed by atoms with Crippen LogP contribution in [0.5, 0.6) is 11.5 Å². The third-order valence-corrected chi connectivity index (χ3v) is 8.39. The molecule has 3 heterocycles. The number of hydrogen-bond acceptors (Lipinski definition) is 7. The second-order valence-corrected chi connectivity index (χ2v) is 11.3. The van der Waals surface area contributed by atoms with Crippen LogP contribution in [-0.2, 0) is 28.5 Å². The Hall–Kier alpha value is -3.23. The van der Waals surface area contributed by atoms with Gasteiger partial charge in [0.05, 0.1) is 29.2 Å². The minimum absolute atomic E-state index is 0.0726. The van der Waals surface area contributed by atoms with Crippen LogP contribution < -0.4 is 9.47 Å². The van der Waals surface area contributed by atoms with E-state index < -0.39 is 35.6 Å². The molecule has 0 aromatic heterocycles. The summed E-state index contributed by atoms with van der Waals surface area (Å²) in [6, 6.07) is 6.01. The lowest BCUT2D eigenvalue weighted by Crippen LogP contribution is -2.49. The minimum Gasteiger partial charge on any atom is -0.493 e. The number of piperazine rings is 1. The predicted molar refractivity (Wildman–Crippen MR) is 149 cm³/mol. The first-order valence-electron chi connectivity index (χ1n) is 13.6. The van der Waals surface area contributed by atoms with Crippen LogP contribution in [0.25, 0.3) is 6.08 Å². The number of nitrogens with zero attached hydrogens (tertiary/aromatic N) is 3. The van der Waals surface area contributed by atoms with E-state index in [0.29, 0.717) is 21.7 Å². The molecule has 1 amide bonds. The molecule has 1 atom stereocenters. The number of benzene rings is 2. The largest absolute Gasteiger partial charge is 0.493 e. The van der Waals surface area contributed by atoms with Crippen LogP contribution in [-0.4, -0.2) is 73.4 Å². The fraction of sp³-hybridized carbons (Fsp3) is 0.448. The Morgan fingerprint density at radius 3 is 2.44 bits per heavy atom. The van der Waals surface area contributed by atoms with E-state index in [-0.39, 0.29) is 29.6 Å². The van der Waals surface area contributed by atoms with Gasteiger partial charge in [-0.3, -0.25) is 9.69 Å². The SMILES string of the molecule is COc1cc(C=C2SC(N3CCN(CC4CCCO4)CC3)=NC2=O)ccc1OCc1ccc(C(F)(F)F)cc1C(F)(F)F. The molecule has 7 nitrogen and oxygen atoms in total. The summed E-state index contributed by atoms with van der Waals surface area (Å²) >= 11 is 1.27. The highest BCUT2D eigenvalue weighted by molar-refractivity contribution is 8.18. The van der Waals surface area contributed by atoms with Crippen LogP contribution in [0.4, 0.5) is 26.3 Å². The van der Waals surface area contributed by atoms with E-state index in [1.54, 1.807) is 18.2 Å². The number of hydrogen-bond donors (Lipinski definition) is 0. The number of methoxy groups -OCH3 is 1. The van der Waals surface area contributed by atoms with Crippen molar-refractivity contribution in [2.75, 3.05) is 46.4 Å². The van der Waals surface area contributed by atoms with E-state index >= 15 is 0 Å². The standard InChI is InChI=1S/C29H29F6N3O4S/c1-40-24-13-18(4-7-23(24)42-17-19-5-6-20(28(30,31)32)15-22(19)29(33,34)35)14-25-26(39)36-27(43-25)38-10-8-37(9-11-38)16-21-3-2-12-41-21/h4-7,13-15,21H,2-3,8-12,16-17H2,1H3. The summed E-state index contributed by atoms with van der Waals surface area (Å²) in [5.41, 5.74) is -2.72. The molecule has 2 saturated heterocycles. The van der Waals surface area contributed by atoms with E-state index in [1.165, 1.54) is 24.9 Å². The molecule has 2 aromatic rings. The summed E-state index contributed by atoms with van der Waals surface area (Å²) in [7, 11) is 1.34. The van der Waals surface area contributed by atoms with Gasteiger partial charge in [-0.1, -0.05) is 12.1 Å². The van der Waals surface area contributed by atoms with E-state index in [9.17, 15) is 31.1 Å². The number of halogens is 6. The third-order valence-electron chi connectivity index (χ3n) is 7.35. The van der Waals surface area contributed by atoms with Crippen LogP contribution >= 0.6 is 11.8 Å². The zero-order chi connectivity index (χ0) is 30.8. The number of ether oxygens (including phenoxy) is 3. The van der Waals surface area contributed by atoms with Crippen LogP contribution in [0.1, 0.15) is 35.1 Å². The highest BCUT2D eigenvalue weighted by Crippen LogP contribution is 2.39. The summed E-state index contributed by atoms with van der Waals surface area (Å²) in [6.45, 7) is 4.28. The van der Waals surface area contributed by atoms with Gasteiger partial charge in [0, 0.05) is 44.9 Å². The van der Waals surface area contributed by atoms with Crippen molar-refractivity contribution in [3.8, 4) is 11.5 Å². The molecule has 14 heteroatoms. The van der Waals surface area contributed by atoms with E-state index in [1.807, 2.05) is 0 Å². The highest BCUT2D eigenvalue weighted by Gasteiger charge is 2.38. The average Bonchev–Trinajstić information content (AvgIpc) is 3.61. The predicted octanol–water partition coefficient (Wildman–Crippen LogP) is 6.08. The van der Waals surface area contributed by atoms with Gasteiger partial charge in [0.15, 0.2) is 16.7 Å². The lowest BCUT2D eigenvalue weighted by molar-refractivity contribution is -0.143. The van der Waals surface area contributed by atoms with E-state index in [2.05, 4.69) is 14.8 Å². The number of rotatable bonds is 7. The average molecular weight is 630 g/mol. The quantitative estimate of drug-likeness (QED) is 0.272. The Labute approximate surface area is 248 Å². The van der Waals surface area contributed by atoms with Crippen LogP contribution in [0.2, 0.25) is 0 Å². The number of thioether (sulfide) groups is 1. The van der Waals surface area contributed by atoms with E-state index in [0.717, 1.165) is 58.2 Å². The second-order valence-electron chi connectivity index (χ2n) is 10.3. The number of amides is 1. The Morgan fingerprint density at radius 1 is 1.02 bits per heavy atom. The van der Waals surface area contributed by atoms with Crippen molar-refractivity contribution in [3.63, 3.8) is 0 Å². The molecule has 0 saturated carbocycles. The van der Waals surface area contributed by atoms with Crippen molar-refractivity contribution in [2.24, 2.45) is 4.99 Å². The topological polar surface area (TPSA) is 63.6 Å². The Bertz CT molecular complexity index is 1400. The van der Waals surface area contributed by atoms with Gasteiger partial charge in [0.1, 0.15) is 6.61 Å². The smallest absolute Gasteiger partial charge is 0.416 e. The third kappa shape index (κ3) is 7.65. The van der Waals surface area contributed by atoms with Crippen LogP contribution in [0.3, 0.4) is 0 Å². The molecule has 1 unspecified atom stereocenters. The first kappa shape index (κ1) is 31.2. The second kappa shape index (κ2) is 12.8. The highest BCUT2D eigenvalue weighted by atomic mass is 32.2. The fourth-order valence-corrected chi connectivity index (χ4v) is 6.04. The molecule has 0 aliphatic carbocycles. The first-order chi connectivity index (χ1) is 20.4. The Kier molecular flexibility index (Phi) is 9.28. The molecular formula is C29H29F6N3O4S. The maximum absolute atomic E-state index is 13.5. The van der Waals surface area contributed by atoms with Gasteiger partial charge in [-0.2, -0.15) is 31.3 Å². The monoisotopic (exact) mass is 629 g/mol. The van der Waals surface area contributed by atoms with Crippen molar-refractivity contribution in [3.05, 3.63) is 63.6 Å². The molecule has 3 aliphatic rings. The molecule has 43 heavy (non-hydrogen) atoms. The fourth-order valence-electron chi connectivity index (χ4n) is 5.07. The molecular weight excluding hydrogens is 600 g/mol. The molecule has 2 aromatic carbocycles. The van der Waals surface area contributed by atoms with E-state index in [4.69, 9.17) is 14.2 Å². The lowest BCUT2D eigenvalue weighted by Gasteiger charge is -2.36. The molecule has 5 rings (SSSR count). The first-order valence-corrected chi connectivity index (χ1v) is 14.4. The molecule has 3 aliphatic heterocycles. The summed E-state index contributed by atoms with van der Waals surface area (Å²) < 4.78 is 96.0. The summed E-state index contributed by atoms with van der Waals surface area (Å²) in [4.78, 5) is 21.7. The zero-order valence-corrected chi connectivity index (χ0v) is 23.9. The number of carbonyl (C=O) groups excluding carboxylic acids is 1. The van der Waals surface area contributed by atoms with Gasteiger partial charge in [-0.15, -0.1) is 0 Å². The lowest BCUT2D eigenvalue weighted by atomic mass is 10.0. The summed E-state index contributed by atoms with van der Waals surface area (Å²) in [6.07, 6.45) is -5.82. The molecule has 0 radical (unpaired) electrons. The minimum atomic E-state index is -5.01. The maximum atomic E-state index is 13.5. The summed E-state index contributed by atoms with van der Waals surface area (Å²) in [5, 5.41) is 0.636. The van der Waals surface area contributed by atoms with Gasteiger partial charge in [-0.05, 0) is 60.5 Å². The molecule has 0 N–H and O–H groups in total. The number of aliphatic imine (C=N–C) groups is 1. The van der Waals surface area contributed by atoms with Crippen LogP contribution in [0.15, 0.2) is 46.3 Å². The van der Waals surface area contributed by atoms with Crippen molar-refractivity contribution in [1.29, 1.82) is 0 Å². The number of alkyl halides is 6. The van der Waals surface area contributed by atoms with Gasteiger partial charge in [-0.25, -0.2) is 0 Å². The molecule has 0 bridgehead atoms.